The monoisotopic (exact) mass is 288 g/mol. The molecule has 1 amide bonds. The van der Waals surface area contributed by atoms with Gasteiger partial charge in [0.2, 0.25) is 0 Å². The van der Waals surface area contributed by atoms with Crippen LogP contribution < -0.4 is 16.2 Å². The first-order valence-electron chi connectivity index (χ1n) is 6.92. The lowest BCUT2D eigenvalue weighted by Gasteiger charge is -2.14. The number of nitrogens with zero attached hydrogens (tertiary/aromatic N) is 2. The summed E-state index contributed by atoms with van der Waals surface area (Å²) in [6.45, 7) is 2.03. The molecule has 1 aromatic heterocycles. The minimum absolute atomic E-state index is 0.124. The van der Waals surface area contributed by atoms with Gasteiger partial charge in [-0.3, -0.25) is 0 Å². The topological polar surface area (TPSA) is 96.2 Å². The molecule has 0 radical (unpaired) electrons. The molecule has 6 nitrogen and oxygen atoms in total. The summed E-state index contributed by atoms with van der Waals surface area (Å²) in [7, 11) is 0. The van der Waals surface area contributed by atoms with Crippen molar-refractivity contribution in [3.05, 3.63) is 42.1 Å². The van der Waals surface area contributed by atoms with Gasteiger partial charge in [0.05, 0.1) is 12.2 Å². The predicted molar refractivity (Wildman–Crippen MR) is 80.9 cm³/mol. The van der Waals surface area contributed by atoms with Gasteiger partial charge >= 0.3 is 6.09 Å². The normalized spacial score (nSPS) is 12.0. The van der Waals surface area contributed by atoms with Crippen molar-refractivity contribution in [3.8, 4) is 5.75 Å². The first-order valence-corrected chi connectivity index (χ1v) is 6.92. The number of carbonyl (C=O) groups excluding carboxylic acids is 1. The van der Waals surface area contributed by atoms with Crippen molar-refractivity contribution in [2.75, 3.05) is 5.73 Å². The Bertz CT molecular complexity index is 595. The van der Waals surface area contributed by atoms with Crippen molar-refractivity contribution < 1.29 is 9.53 Å². The number of hydrogen-bond donors (Lipinski definition) is 2. The molecule has 2 rings (SSSR count). The van der Waals surface area contributed by atoms with Gasteiger partial charge in [-0.2, -0.15) is 5.10 Å². The van der Waals surface area contributed by atoms with E-state index in [0.29, 0.717) is 5.82 Å². The average molecular weight is 288 g/mol. The number of aromatic nitrogens is 2. The zero-order chi connectivity index (χ0) is 15.2. The molecule has 1 atom stereocenters. The summed E-state index contributed by atoms with van der Waals surface area (Å²) in [5.74, 6) is 0.526. The first kappa shape index (κ1) is 14.9. The van der Waals surface area contributed by atoms with Crippen LogP contribution in [0.1, 0.15) is 31.4 Å². The zero-order valence-corrected chi connectivity index (χ0v) is 12.0. The fourth-order valence-electron chi connectivity index (χ4n) is 2.26. The number of primary amides is 1. The fraction of sp³-hybridized carbons (Fsp3) is 0.333. The quantitative estimate of drug-likeness (QED) is 0.853. The summed E-state index contributed by atoms with van der Waals surface area (Å²) in [4.78, 5) is 10.7. The zero-order valence-electron chi connectivity index (χ0n) is 12.0. The molecule has 0 fully saturated rings. The highest BCUT2D eigenvalue weighted by Crippen LogP contribution is 2.26. The van der Waals surface area contributed by atoms with Gasteiger partial charge < -0.3 is 16.2 Å². The number of benzene rings is 1. The number of carbonyl (C=O) groups is 1. The molecular formula is C15H20N4O2. The Morgan fingerprint density at radius 3 is 2.76 bits per heavy atom. The van der Waals surface area contributed by atoms with E-state index >= 15 is 0 Å². The molecular weight excluding hydrogens is 268 g/mol. The van der Waals surface area contributed by atoms with Crippen molar-refractivity contribution in [1.29, 1.82) is 0 Å². The highest BCUT2D eigenvalue weighted by molar-refractivity contribution is 5.70. The van der Waals surface area contributed by atoms with Crippen LogP contribution in [0.2, 0.25) is 0 Å². The molecule has 0 saturated carbocycles. The van der Waals surface area contributed by atoms with E-state index < -0.39 is 6.09 Å². The van der Waals surface area contributed by atoms with Crippen molar-refractivity contribution in [1.82, 2.24) is 9.78 Å². The van der Waals surface area contributed by atoms with Crippen LogP contribution in [0.4, 0.5) is 10.6 Å². The van der Waals surface area contributed by atoms with Crippen LogP contribution in [-0.2, 0) is 6.42 Å². The van der Waals surface area contributed by atoms with E-state index in [9.17, 15) is 4.79 Å². The molecule has 0 aliphatic rings. The van der Waals surface area contributed by atoms with Gasteiger partial charge in [-0.15, -0.1) is 0 Å². The maximum absolute atomic E-state index is 10.7. The van der Waals surface area contributed by atoms with E-state index in [-0.39, 0.29) is 11.8 Å². The molecule has 0 saturated heterocycles. The van der Waals surface area contributed by atoms with E-state index in [1.54, 1.807) is 4.68 Å². The van der Waals surface area contributed by atoms with Gasteiger partial charge in [0.15, 0.2) is 11.6 Å². The van der Waals surface area contributed by atoms with Gasteiger partial charge in [0.25, 0.3) is 0 Å². The number of ether oxygens (including phenoxy) is 1. The van der Waals surface area contributed by atoms with Gasteiger partial charge in [-0.05, 0) is 31.7 Å². The second kappa shape index (κ2) is 6.78. The summed E-state index contributed by atoms with van der Waals surface area (Å²) in [6.07, 6.45) is 3.48. The predicted octanol–water partition coefficient (Wildman–Crippen LogP) is 2.51. The Hall–Kier alpha value is -2.50. The van der Waals surface area contributed by atoms with Crippen molar-refractivity contribution in [3.63, 3.8) is 0 Å². The number of amides is 1. The second-order valence-corrected chi connectivity index (χ2v) is 4.99. The van der Waals surface area contributed by atoms with Crippen LogP contribution in [0, 0.1) is 0 Å². The molecule has 1 aromatic carbocycles. The Labute approximate surface area is 123 Å². The number of rotatable bonds is 6. The van der Waals surface area contributed by atoms with Crippen LogP contribution in [0.15, 0.2) is 36.5 Å². The smallest absolute Gasteiger partial charge is 0.405 e. The lowest BCUT2D eigenvalue weighted by molar-refractivity contribution is 0.211. The van der Waals surface area contributed by atoms with Crippen molar-refractivity contribution in [2.45, 2.75) is 32.2 Å². The summed E-state index contributed by atoms with van der Waals surface area (Å²) in [5, 5.41) is 4.15. The highest BCUT2D eigenvalue weighted by Gasteiger charge is 2.15. The Balaban J connectivity index is 1.90. The lowest BCUT2D eigenvalue weighted by Crippen LogP contribution is -2.17. The summed E-state index contributed by atoms with van der Waals surface area (Å²) in [5.41, 5.74) is 12.2. The molecule has 112 valence electrons. The van der Waals surface area contributed by atoms with E-state index in [0.717, 1.165) is 19.3 Å². The molecule has 0 bridgehead atoms. The largest absolute Gasteiger partial charge is 0.410 e. The van der Waals surface area contributed by atoms with Crippen LogP contribution >= 0.6 is 0 Å². The third-order valence-electron chi connectivity index (χ3n) is 3.36. The molecule has 1 unspecified atom stereocenters. The Morgan fingerprint density at radius 2 is 2.10 bits per heavy atom. The number of aryl methyl sites for hydroxylation is 1. The average Bonchev–Trinajstić information content (AvgIpc) is 2.81. The summed E-state index contributed by atoms with van der Waals surface area (Å²) >= 11 is 0. The van der Waals surface area contributed by atoms with Gasteiger partial charge in [-0.25, -0.2) is 9.48 Å². The van der Waals surface area contributed by atoms with Crippen LogP contribution in [-0.4, -0.2) is 15.9 Å². The summed E-state index contributed by atoms with van der Waals surface area (Å²) < 4.78 is 6.44. The Morgan fingerprint density at radius 1 is 1.38 bits per heavy atom. The molecule has 6 heteroatoms. The highest BCUT2D eigenvalue weighted by atomic mass is 16.5. The van der Waals surface area contributed by atoms with Gasteiger partial charge in [0.1, 0.15) is 0 Å². The molecule has 21 heavy (non-hydrogen) atoms. The minimum atomic E-state index is -0.891. The molecule has 0 aliphatic carbocycles. The SMILES string of the molecule is CC(CCCc1ccccc1)n1ncc(OC(N)=O)c1N. The number of nitrogen functional groups attached to an aromatic ring is 1. The van der Waals surface area contributed by atoms with E-state index in [1.807, 2.05) is 25.1 Å². The van der Waals surface area contributed by atoms with Crippen LogP contribution in [0.5, 0.6) is 5.75 Å². The van der Waals surface area contributed by atoms with Crippen LogP contribution in [0.3, 0.4) is 0 Å². The van der Waals surface area contributed by atoms with Crippen LogP contribution in [0.25, 0.3) is 0 Å². The third kappa shape index (κ3) is 3.98. The lowest BCUT2D eigenvalue weighted by atomic mass is 10.1. The number of anilines is 1. The number of nitrogens with two attached hydrogens (primary N) is 2. The maximum Gasteiger partial charge on any atom is 0.410 e. The van der Waals surface area contributed by atoms with E-state index in [1.165, 1.54) is 11.8 Å². The second-order valence-electron chi connectivity index (χ2n) is 4.99. The van der Waals surface area contributed by atoms with E-state index in [4.69, 9.17) is 16.2 Å². The summed E-state index contributed by atoms with van der Waals surface area (Å²) in [6, 6.07) is 10.4. The molecule has 0 spiro atoms. The van der Waals surface area contributed by atoms with Gasteiger partial charge in [0, 0.05) is 0 Å². The molecule has 0 aliphatic heterocycles. The molecule has 1 heterocycles. The standard InChI is InChI=1S/C15H20N4O2/c1-11(6-5-9-12-7-3-2-4-8-12)19-14(16)13(10-18-19)21-15(17)20/h2-4,7-8,10-11H,5-6,9,16H2,1H3,(H2,17,20). The minimum Gasteiger partial charge on any atom is -0.405 e. The fourth-order valence-corrected chi connectivity index (χ4v) is 2.26. The maximum atomic E-state index is 10.7. The molecule has 2 aromatic rings. The first-order chi connectivity index (χ1) is 10.1. The van der Waals surface area contributed by atoms with Crippen molar-refractivity contribution in [2.24, 2.45) is 5.73 Å². The van der Waals surface area contributed by atoms with Gasteiger partial charge in [-0.1, -0.05) is 30.3 Å². The number of hydrogen-bond acceptors (Lipinski definition) is 4. The van der Waals surface area contributed by atoms with Crippen molar-refractivity contribution >= 4 is 11.9 Å². The van der Waals surface area contributed by atoms with E-state index in [2.05, 4.69) is 17.2 Å². The third-order valence-corrected chi connectivity index (χ3v) is 3.36. The molecule has 4 N–H and O–H groups in total. The Kier molecular flexibility index (Phi) is 4.81.